The van der Waals surface area contributed by atoms with Crippen LogP contribution in [0.15, 0.2) is 41.0 Å². The molecule has 1 amide bonds. The Balaban J connectivity index is 2.15. The molecule has 110 valence electrons. The number of halogens is 1. The number of furan rings is 1. The van der Waals surface area contributed by atoms with Crippen LogP contribution in [0, 0.1) is 10.1 Å². The quantitative estimate of drug-likeness (QED) is 0.679. The Labute approximate surface area is 125 Å². The number of nitrogens with zero attached hydrogens (tertiary/aromatic N) is 1. The van der Waals surface area contributed by atoms with E-state index >= 15 is 0 Å². The van der Waals surface area contributed by atoms with Crippen LogP contribution in [0.1, 0.15) is 23.0 Å². The molecule has 0 radical (unpaired) electrons. The first-order chi connectivity index (χ1) is 9.99. The monoisotopic (exact) mass is 308 g/mol. The van der Waals surface area contributed by atoms with Crippen LogP contribution in [0.5, 0.6) is 0 Å². The van der Waals surface area contributed by atoms with E-state index in [9.17, 15) is 14.9 Å². The number of carbonyl (C=O) groups excluding carboxylic acids is 1. The van der Waals surface area contributed by atoms with E-state index in [0.717, 1.165) is 5.76 Å². The summed E-state index contributed by atoms with van der Waals surface area (Å²) in [6, 6.07) is 7.42. The highest BCUT2D eigenvalue weighted by molar-refractivity contribution is 6.34. The SMILES string of the molecule is CC(Cc1ccco1)NC(=O)c1c(Cl)cccc1[N+](=O)[O-]. The number of hydrogen-bond acceptors (Lipinski definition) is 4. The Morgan fingerprint density at radius 2 is 2.19 bits per heavy atom. The lowest BCUT2D eigenvalue weighted by Crippen LogP contribution is -2.34. The molecule has 2 rings (SSSR count). The summed E-state index contributed by atoms with van der Waals surface area (Å²) in [5.74, 6) is 0.141. The van der Waals surface area contributed by atoms with E-state index in [1.54, 1.807) is 25.3 Å². The zero-order valence-corrected chi connectivity index (χ0v) is 12.0. The number of benzene rings is 1. The molecule has 1 aromatic heterocycles. The fraction of sp³-hybridized carbons (Fsp3) is 0.214. The maximum atomic E-state index is 12.2. The summed E-state index contributed by atoms with van der Waals surface area (Å²) in [5.41, 5.74) is -0.444. The van der Waals surface area contributed by atoms with Crippen LogP contribution in [0.2, 0.25) is 5.02 Å². The average Bonchev–Trinajstić information content (AvgIpc) is 2.90. The van der Waals surface area contributed by atoms with Gasteiger partial charge in [0.05, 0.1) is 16.2 Å². The molecule has 0 aliphatic heterocycles. The summed E-state index contributed by atoms with van der Waals surface area (Å²) in [5, 5.41) is 13.7. The van der Waals surface area contributed by atoms with Gasteiger partial charge in [0.15, 0.2) is 0 Å². The lowest BCUT2D eigenvalue weighted by molar-refractivity contribution is -0.385. The molecule has 0 saturated heterocycles. The molecule has 6 nitrogen and oxygen atoms in total. The Morgan fingerprint density at radius 1 is 1.43 bits per heavy atom. The van der Waals surface area contributed by atoms with Crippen LogP contribution < -0.4 is 5.32 Å². The van der Waals surface area contributed by atoms with Gasteiger partial charge < -0.3 is 9.73 Å². The van der Waals surface area contributed by atoms with Crippen LogP contribution in [-0.2, 0) is 6.42 Å². The molecule has 1 N–H and O–H groups in total. The van der Waals surface area contributed by atoms with E-state index in [0.29, 0.717) is 6.42 Å². The minimum Gasteiger partial charge on any atom is -0.469 e. The molecule has 0 saturated carbocycles. The van der Waals surface area contributed by atoms with Crippen molar-refractivity contribution in [1.29, 1.82) is 0 Å². The molecule has 7 heteroatoms. The van der Waals surface area contributed by atoms with E-state index in [-0.39, 0.29) is 22.3 Å². The highest BCUT2D eigenvalue weighted by Crippen LogP contribution is 2.26. The van der Waals surface area contributed by atoms with Gasteiger partial charge in [-0.25, -0.2) is 0 Å². The molecular weight excluding hydrogens is 296 g/mol. The van der Waals surface area contributed by atoms with Crippen molar-refractivity contribution in [2.45, 2.75) is 19.4 Å². The molecule has 21 heavy (non-hydrogen) atoms. The van der Waals surface area contributed by atoms with Crippen LogP contribution in [-0.4, -0.2) is 16.9 Å². The third kappa shape index (κ3) is 3.61. The highest BCUT2D eigenvalue weighted by atomic mass is 35.5. The summed E-state index contributed by atoms with van der Waals surface area (Å²) in [6.07, 6.45) is 2.03. The van der Waals surface area contributed by atoms with Crippen molar-refractivity contribution < 1.29 is 14.1 Å². The maximum Gasteiger partial charge on any atom is 0.283 e. The smallest absolute Gasteiger partial charge is 0.283 e. The fourth-order valence-corrected chi connectivity index (χ4v) is 2.22. The summed E-state index contributed by atoms with van der Waals surface area (Å²) in [4.78, 5) is 22.5. The fourth-order valence-electron chi connectivity index (χ4n) is 1.97. The van der Waals surface area contributed by atoms with Crippen molar-refractivity contribution in [1.82, 2.24) is 5.32 Å². The number of amides is 1. The van der Waals surface area contributed by atoms with Crippen LogP contribution in [0.3, 0.4) is 0 Å². The molecule has 1 aromatic carbocycles. The van der Waals surface area contributed by atoms with E-state index in [1.165, 1.54) is 18.2 Å². The summed E-state index contributed by atoms with van der Waals surface area (Å²) in [6.45, 7) is 1.78. The van der Waals surface area contributed by atoms with Gasteiger partial charge in [-0.05, 0) is 25.1 Å². The van der Waals surface area contributed by atoms with E-state index in [1.807, 2.05) is 0 Å². The molecule has 1 unspecified atom stereocenters. The van der Waals surface area contributed by atoms with Crippen molar-refractivity contribution in [3.8, 4) is 0 Å². The van der Waals surface area contributed by atoms with E-state index < -0.39 is 10.8 Å². The first-order valence-electron chi connectivity index (χ1n) is 6.25. The second-order valence-electron chi connectivity index (χ2n) is 4.55. The highest BCUT2D eigenvalue weighted by Gasteiger charge is 2.24. The molecule has 1 atom stereocenters. The van der Waals surface area contributed by atoms with E-state index in [4.69, 9.17) is 16.0 Å². The Kier molecular flexibility index (Phi) is 4.59. The van der Waals surface area contributed by atoms with Crippen molar-refractivity contribution in [2.24, 2.45) is 0 Å². The normalized spacial score (nSPS) is 11.9. The number of carbonyl (C=O) groups is 1. The van der Waals surface area contributed by atoms with Crippen molar-refractivity contribution >= 4 is 23.2 Å². The third-order valence-corrected chi connectivity index (χ3v) is 3.20. The third-order valence-electron chi connectivity index (χ3n) is 2.88. The second kappa shape index (κ2) is 6.41. The number of nitro benzene ring substituents is 1. The van der Waals surface area contributed by atoms with Crippen molar-refractivity contribution in [3.63, 3.8) is 0 Å². The molecule has 0 fully saturated rings. The zero-order valence-electron chi connectivity index (χ0n) is 11.2. The second-order valence-corrected chi connectivity index (χ2v) is 4.96. The molecule has 0 aliphatic rings. The van der Waals surface area contributed by atoms with Gasteiger partial charge in [-0.1, -0.05) is 17.7 Å². The average molecular weight is 309 g/mol. The molecule has 0 aliphatic carbocycles. The van der Waals surface area contributed by atoms with Gasteiger partial charge in [-0.2, -0.15) is 0 Å². The Bertz CT molecular complexity index is 655. The van der Waals surface area contributed by atoms with Crippen molar-refractivity contribution in [2.75, 3.05) is 0 Å². The molecule has 2 aromatic rings. The minimum absolute atomic E-state index is 0.0481. The predicted octanol–water partition coefficient (Wildman–Crippen LogP) is 3.20. The number of nitro groups is 1. The zero-order chi connectivity index (χ0) is 15.4. The first-order valence-corrected chi connectivity index (χ1v) is 6.63. The van der Waals surface area contributed by atoms with Crippen molar-refractivity contribution in [3.05, 3.63) is 63.1 Å². The number of rotatable bonds is 5. The van der Waals surface area contributed by atoms with Crippen LogP contribution >= 0.6 is 11.6 Å². The van der Waals surface area contributed by atoms with Gasteiger partial charge in [0.2, 0.25) is 0 Å². The lowest BCUT2D eigenvalue weighted by Gasteiger charge is -2.13. The summed E-state index contributed by atoms with van der Waals surface area (Å²) >= 11 is 5.91. The number of hydrogen-bond donors (Lipinski definition) is 1. The molecule has 0 spiro atoms. The van der Waals surface area contributed by atoms with Gasteiger partial charge in [-0.3, -0.25) is 14.9 Å². The lowest BCUT2D eigenvalue weighted by atomic mass is 10.1. The van der Waals surface area contributed by atoms with E-state index in [2.05, 4.69) is 5.32 Å². The predicted molar refractivity (Wildman–Crippen MR) is 77.4 cm³/mol. The maximum absolute atomic E-state index is 12.2. The molecular formula is C14H13ClN2O4. The van der Waals surface area contributed by atoms with Gasteiger partial charge in [0.1, 0.15) is 11.3 Å². The van der Waals surface area contributed by atoms with Crippen LogP contribution in [0.4, 0.5) is 5.69 Å². The first kappa shape index (κ1) is 15.1. The topological polar surface area (TPSA) is 85.4 Å². The standard InChI is InChI=1S/C14H13ClN2O4/c1-9(8-10-4-3-7-21-10)16-14(18)13-11(15)5-2-6-12(13)17(19)20/h2-7,9H,8H2,1H3,(H,16,18). The van der Waals surface area contributed by atoms with Gasteiger partial charge in [0.25, 0.3) is 11.6 Å². The largest absolute Gasteiger partial charge is 0.469 e. The van der Waals surface area contributed by atoms with Gasteiger partial charge in [-0.15, -0.1) is 0 Å². The minimum atomic E-state index is -0.627. The van der Waals surface area contributed by atoms with Gasteiger partial charge >= 0.3 is 0 Å². The molecule has 0 bridgehead atoms. The van der Waals surface area contributed by atoms with Gasteiger partial charge in [0, 0.05) is 18.5 Å². The number of nitrogens with one attached hydrogen (secondary N) is 1. The Hall–Kier alpha value is -2.34. The Morgan fingerprint density at radius 3 is 2.81 bits per heavy atom. The summed E-state index contributed by atoms with van der Waals surface area (Å²) in [7, 11) is 0. The molecule has 1 heterocycles. The summed E-state index contributed by atoms with van der Waals surface area (Å²) < 4.78 is 5.19. The van der Waals surface area contributed by atoms with Crippen LogP contribution in [0.25, 0.3) is 0 Å².